The van der Waals surface area contributed by atoms with E-state index in [4.69, 9.17) is 15.2 Å². The van der Waals surface area contributed by atoms with Gasteiger partial charge in [-0.25, -0.2) is 0 Å². The normalized spacial score (nSPS) is 24.5. The average molecular weight is 412 g/mol. The first kappa shape index (κ1) is 22.8. The molecule has 1 aromatic carbocycles. The summed E-state index contributed by atoms with van der Waals surface area (Å²) in [5.74, 6) is 1.63. The highest BCUT2D eigenvalue weighted by Gasteiger charge is 2.36. The van der Waals surface area contributed by atoms with Crippen LogP contribution in [0.2, 0.25) is 0 Å². The van der Waals surface area contributed by atoms with Crippen LogP contribution in [-0.4, -0.2) is 62.1 Å². The van der Waals surface area contributed by atoms with Crippen LogP contribution in [0.15, 0.2) is 18.2 Å². The van der Waals surface area contributed by atoms with Gasteiger partial charge < -0.3 is 20.1 Å². The van der Waals surface area contributed by atoms with Crippen molar-refractivity contribution < 1.29 is 14.3 Å². The Hall–Kier alpha value is -1.50. The number of rotatable bonds is 5. The Morgan fingerprint density at radius 1 is 1.18 bits per heavy atom. The number of likely N-dealkylation sites (tertiary alicyclic amines) is 2. The van der Waals surface area contributed by atoms with Crippen molar-refractivity contribution >= 4 is 18.3 Å². The average Bonchev–Trinajstić information content (AvgIpc) is 3.13. The van der Waals surface area contributed by atoms with E-state index >= 15 is 0 Å². The molecule has 0 spiro atoms. The number of amides is 1. The highest BCUT2D eigenvalue weighted by molar-refractivity contribution is 5.85. The highest BCUT2D eigenvalue weighted by Crippen LogP contribution is 2.37. The van der Waals surface area contributed by atoms with E-state index in [1.807, 2.05) is 23.1 Å². The second-order valence-electron chi connectivity index (χ2n) is 8.45. The van der Waals surface area contributed by atoms with E-state index in [0.29, 0.717) is 18.0 Å². The van der Waals surface area contributed by atoms with Gasteiger partial charge in [-0.2, -0.15) is 0 Å². The van der Waals surface area contributed by atoms with Crippen molar-refractivity contribution in [2.24, 2.45) is 11.1 Å². The lowest BCUT2D eigenvalue weighted by molar-refractivity contribution is -0.134. The molecule has 2 saturated heterocycles. The van der Waals surface area contributed by atoms with Crippen LogP contribution in [0.3, 0.4) is 0 Å². The fourth-order valence-electron chi connectivity index (χ4n) is 4.37. The predicted octanol–water partition coefficient (Wildman–Crippen LogP) is 2.85. The van der Waals surface area contributed by atoms with Gasteiger partial charge in [0.25, 0.3) is 0 Å². The molecule has 2 unspecified atom stereocenters. The molecule has 0 aliphatic carbocycles. The Morgan fingerprint density at radius 2 is 1.89 bits per heavy atom. The van der Waals surface area contributed by atoms with Gasteiger partial charge in [-0.05, 0) is 42.4 Å². The molecule has 0 aromatic heterocycles. The fraction of sp³-hybridized carbons (Fsp3) is 0.667. The molecule has 2 aliphatic heterocycles. The van der Waals surface area contributed by atoms with E-state index in [2.05, 4.69) is 18.7 Å². The molecule has 6 nitrogen and oxygen atoms in total. The molecule has 0 saturated carbocycles. The number of hydrogen-bond acceptors (Lipinski definition) is 5. The van der Waals surface area contributed by atoms with Gasteiger partial charge in [0.15, 0.2) is 11.5 Å². The molecule has 1 aromatic rings. The standard InChI is InChI=1S/C21H33N3O3.ClH/c1-21(2)14-23(11-9-19(21)22)13-20(25)24-10-5-6-16(24)15-7-8-17(26-3)18(12-15)27-4;/h7-8,12,16,19H,5-6,9-11,13-14,22H2,1-4H3;1H. The molecular weight excluding hydrogens is 378 g/mol. The lowest BCUT2D eigenvalue weighted by Crippen LogP contribution is -2.54. The quantitative estimate of drug-likeness (QED) is 0.806. The summed E-state index contributed by atoms with van der Waals surface area (Å²) in [6.45, 7) is 7.43. The predicted molar refractivity (Wildman–Crippen MR) is 113 cm³/mol. The van der Waals surface area contributed by atoms with Crippen LogP contribution in [0, 0.1) is 5.41 Å². The first-order chi connectivity index (χ1) is 12.9. The fourth-order valence-corrected chi connectivity index (χ4v) is 4.37. The summed E-state index contributed by atoms with van der Waals surface area (Å²) in [4.78, 5) is 17.4. The Morgan fingerprint density at radius 3 is 2.54 bits per heavy atom. The number of nitrogens with two attached hydrogens (primary N) is 1. The van der Waals surface area contributed by atoms with E-state index in [1.54, 1.807) is 14.2 Å². The molecule has 2 atom stereocenters. The first-order valence-electron chi connectivity index (χ1n) is 9.85. The largest absolute Gasteiger partial charge is 0.493 e. The Labute approximate surface area is 174 Å². The van der Waals surface area contributed by atoms with Gasteiger partial charge in [0.05, 0.1) is 26.8 Å². The summed E-state index contributed by atoms with van der Waals surface area (Å²) in [5.41, 5.74) is 7.39. The van der Waals surface area contributed by atoms with Gasteiger partial charge in [-0.15, -0.1) is 12.4 Å². The van der Waals surface area contributed by atoms with Crippen molar-refractivity contribution in [1.29, 1.82) is 0 Å². The number of carbonyl (C=O) groups excluding carboxylic acids is 1. The number of methoxy groups -OCH3 is 2. The maximum Gasteiger partial charge on any atom is 0.237 e. The molecule has 2 N–H and O–H groups in total. The van der Waals surface area contributed by atoms with Crippen LogP contribution < -0.4 is 15.2 Å². The van der Waals surface area contributed by atoms with Crippen LogP contribution in [0.4, 0.5) is 0 Å². The van der Waals surface area contributed by atoms with Gasteiger partial charge in [0.2, 0.25) is 5.91 Å². The summed E-state index contributed by atoms with van der Waals surface area (Å²) in [7, 11) is 3.27. The third-order valence-electron chi connectivity index (χ3n) is 6.12. The number of halogens is 1. The van der Waals surface area contributed by atoms with Crippen LogP contribution >= 0.6 is 12.4 Å². The molecule has 2 heterocycles. The molecule has 0 radical (unpaired) electrons. The van der Waals surface area contributed by atoms with Crippen LogP contribution in [0.5, 0.6) is 11.5 Å². The van der Waals surface area contributed by atoms with E-state index in [9.17, 15) is 4.79 Å². The Bertz CT molecular complexity index is 683. The zero-order chi connectivity index (χ0) is 19.6. The minimum absolute atomic E-state index is 0. The number of carbonyl (C=O) groups is 1. The number of nitrogens with zero attached hydrogens (tertiary/aromatic N) is 2. The van der Waals surface area contributed by atoms with Crippen molar-refractivity contribution in [2.75, 3.05) is 40.4 Å². The summed E-state index contributed by atoms with van der Waals surface area (Å²) < 4.78 is 10.8. The van der Waals surface area contributed by atoms with E-state index < -0.39 is 0 Å². The van der Waals surface area contributed by atoms with Gasteiger partial charge in [-0.3, -0.25) is 9.69 Å². The summed E-state index contributed by atoms with van der Waals surface area (Å²) in [6.07, 6.45) is 2.96. The van der Waals surface area contributed by atoms with Gasteiger partial charge in [0.1, 0.15) is 0 Å². The van der Waals surface area contributed by atoms with Crippen LogP contribution in [-0.2, 0) is 4.79 Å². The summed E-state index contributed by atoms with van der Waals surface area (Å²) in [6, 6.07) is 6.27. The number of piperidine rings is 1. The minimum atomic E-state index is 0. The lowest BCUT2D eigenvalue weighted by Gasteiger charge is -2.42. The van der Waals surface area contributed by atoms with E-state index in [0.717, 1.165) is 44.5 Å². The van der Waals surface area contributed by atoms with Gasteiger partial charge in [0, 0.05) is 25.7 Å². The van der Waals surface area contributed by atoms with Gasteiger partial charge >= 0.3 is 0 Å². The van der Waals surface area contributed by atoms with Gasteiger partial charge in [-0.1, -0.05) is 19.9 Å². The third-order valence-corrected chi connectivity index (χ3v) is 6.12. The van der Waals surface area contributed by atoms with E-state index in [-0.39, 0.29) is 35.8 Å². The number of hydrogen-bond donors (Lipinski definition) is 1. The highest BCUT2D eigenvalue weighted by atomic mass is 35.5. The van der Waals surface area contributed by atoms with Crippen molar-refractivity contribution in [2.45, 2.75) is 45.2 Å². The zero-order valence-electron chi connectivity index (χ0n) is 17.4. The van der Waals surface area contributed by atoms with Crippen LogP contribution in [0.1, 0.15) is 44.7 Å². The first-order valence-corrected chi connectivity index (χ1v) is 9.85. The Balaban J connectivity index is 0.00000280. The SMILES string of the molecule is COc1ccc(C2CCCN2C(=O)CN2CCC(N)C(C)(C)C2)cc1OC.Cl. The minimum Gasteiger partial charge on any atom is -0.493 e. The maximum atomic E-state index is 13.1. The lowest BCUT2D eigenvalue weighted by atomic mass is 9.80. The Kier molecular flexibility index (Phi) is 7.59. The van der Waals surface area contributed by atoms with Crippen molar-refractivity contribution in [3.05, 3.63) is 23.8 Å². The summed E-state index contributed by atoms with van der Waals surface area (Å²) >= 11 is 0. The second-order valence-corrected chi connectivity index (χ2v) is 8.45. The van der Waals surface area contributed by atoms with E-state index in [1.165, 1.54) is 0 Å². The third kappa shape index (κ3) is 4.73. The topological polar surface area (TPSA) is 68.0 Å². The molecule has 7 heteroatoms. The monoisotopic (exact) mass is 411 g/mol. The van der Waals surface area contributed by atoms with Crippen molar-refractivity contribution in [3.8, 4) is 11.5 Å². The number of ether oxygens (including phenoxy) is 2. The molecular formula is C21H34ClN3O3. The molecule has 28 heavy (non-hydrogen) atoms. The second kappa shape index (κ2) is 9.33. The molecule has 1 amide bonds. The zero-order valence-corrected chi connectivity index (χ0v) is 18.3. The molecule has 2 fully saturated rings. The number of benzene rings is 1. The molecule has 2 aliphatic rings. The molecule has 158 valence electrons. The smallest absolute Gasteiger partial charge is 0.237 e. The van der Waals surface area contributed by atoms with Crippen LogP contribution in [0.25, 0.3) is 0 Å². The molecule has 0 bridgehead atoms. The maximum absolute atomic E-state index is 13.1. The summed E-state index contributed by atoms with van der Waals surface area (Å²) in [5, 5.41) is 0. The van der Waals surface area contributed by atoms with Crippen molar-refractivity contribution in [1.82, 2.24) is 9.80 Å². The van der Waals surface area contributed by atoms with Crippen molar-refractivity contribution in [3.63, 3.8) is 0 Å². The molecule has 3 rings (SSSR count).